The predicted molar refractivity (Wildman–Crippen MR) is 67.4 cm³/mol. The first-order valence-corrected chi connectivity index (χ1v) is 6.30. The van der Waals surface area contributed by atoms with Crippen LogP contribution in [-0.4, -0.2) is 16.3 Å². The molecule has 1 aliphatic rings. The van der Waals surface area contributed by atoms with Crippen LogP contribution in [0.15, 0.2) is 24.3 Å². The molecule has 0 bridgehead atoms. The van der Waals surface area contributed by atoms with Crippen molar-refractivity contribution in [1.82, 2.24) is 10.2 Å². The van der Waals surface area contributed by atoms with Crippen molar-refractivity contribution in [1.29, 1.82) is 0 Å². The number of halogens is 1. The fraction of sp³-hybridized carbons (Fsp3) is 0.385. The second-order valence-electron chi connectivity index (χ2n) is 4.37. The molecule has 0 atom stereocenters. The smallest absolute Gasteiger partial charge is 0.241 e. The summed E-state index contributed by atoms with van der Waals surface area (Å²) < 4.78 is 5.91. The summed E-state index contributed by atoms with van der Waals surface area (Å²) in [4.78, 5) is 0. The summed E-state index contributed by atoms with van der Waals surface area (Å²) in [5.74, 6) is 0.608. The third-order valence-electron chi connectivity index (χ3n) is 3.19. The van der Waals surface area contributed by atoms with Crippen molar-refractivity contribution < 1.29 is 4.74 Å². The zero-order valence-electron chi connectivity index (χ0n) is 9.40. The Morgan fingerprint density at radius 3 is 2.53 bits per heavy atom. The molecule has 3 nitrogen and oxygen atoms in total. The summed E-state index contributed by atoms with van der Waals surface area (Å²) in [7, 11) is 0. The molecule has 4 heteroatoms. The highest BCUT2D eigenvalue weighted by atomic mass is 35.5. The van der Waals surface area contributed by atoms with Crippen LogP contribution in [0.1, 0.15) is 25.7 Å². The van der Waals surface area contributed by atoms with Gasteiger partial charge in [0.25, 0.3) is 0 Å². The number of benzene rings is 1. The first kappa shape index (κ1) is 10.8. The zero-order chi connectivity index (χ0) is 11.7. The summed E-state index contributed by atoms with van der Waals surface area (Å²) >= 11 is 6.02. The van der Waals surface area contributed by atoms with Crippen LogP contribution in [0.5, 0.6) is 5.88 Å². The summed E-state index contributed by atoms with van der Waals surface area (Å²) in [5, 5.41) is 10.3. The monoisotopic (exact) mass is 248 g/mol. The van der Waals surface area contributed by atoms with Gasteiger partial charge in [-0.2, -0.15) is 0 Å². The SMILES string of the molecule is Clc1nnc(OC2CCCC2)c2ccccc12. The molecule has 1 saturated carbocycles. The van der Waals surface area contributed by atoms with Crippen LogP contribution < -0.4 is 4.74 Å². The molecule has 0 radical (unpaired) electrons. The number of hydrogen-bond donors (Lipinski definition) is 0. The Morgan fingerprint density at radius 2 is 1.76 bits per heavy atom. The van der Waals surface area contributed by atoms with Gasteiger partial charge in [0, 0.05) is 10.8 Å². The molecule has 88 valence electrons. The Balaban J connectivity index is 2.01. The van der Waals surface area contributed by atoms with Gasteiger partial charge in [0.15, 0.2) is 5.15 Å². The van der Waals surface area contributed by atoms with Crippen molar-refractivity contribution in [2.24, 2.45) is 0 Å². The summed E-state index contributed by atoms with van der Waals surface area (Å²) in [6.07, 6.45) is 4.98. The van der Waals surface area contributed by atoms with Gasteiger partial charge in [-0.3, -0.25) is 0 Å². The van der Waals surface area contributed by atoms with Crippen LogP contribution >= 0.6 is 11.6 Å². The number of ether oxygens (including phenoxy) is 1. The molecular weight excluding hydrogens is 236 g/mol. The van der Waals surface area contributed by atoms with Gasteiger partial charge in [-0.05, 0) is 31.7 Å². The van der Waals surface area contributed by atoms with E-state index in [4.69, 9.17) is 16.3 Å². The molecule has 0 N–H and O–H groups in total. The van der Waals surface area contributed by atoms with E-state index in [1.54, 1.807) is 0 Å². The average molecular weight is 249 g/mol. The van der Waals surface area contributed by atoms with Crippen molar-refractivity contribution in [3.63, 3.8) is 0 Å². The highest BCUT2D eigenvalue weighted by Crippen LogP contribution is 2.30. The number of aromatic nitrogens is 2. The molecule has 1 fully saturated rings. The van der Waals surface area contributed by atoms with Gasteiger partial charge < -0.3 is 4.74 Å². The quantitative estimate of drug-likeness (QED) is 0.815. The maximum atomic E-state index is 6.02. The summed E-state index contributed by atoms with van der Waals surface area (Å²) in [6.45, 7) is 0. The first-order valence-electron chi connectivity index (χ1n) is 5.92. The number of hydrogen-bond acceptors (Lipinski definition) is 3. The van der Waals surface area contributed by atoms with Gasteiger partial charge in [-0.25, -0.2) is 0 Å². The molecule has 1 aliphatic carbocycles. The zero-order valence-corrected chi connectivity index (χ0v) is 10.2. The van der Waals surface area contributed by atoms with Crippen molar-refractivity contribution >= 4 is 22.4 Å². The molecule has 0 saturated heterocycles. The van der Waals surface area contributed by atoms with Crippen LogP contribution in [0.2, 0.25) is 5.15 Å². The second kappa shape index (κ2) is 4.49. The molecule has 17 heavy (non-hydrogen) atoms. The van der Waals surface area contributed by atoms with E-state index in [0.29, 0.717) is 11.0 Å². The van der Waals surface area contributed by atoms with E-state index in [-0.39, 0.29) is 6.10 Å². The summed E-state index contributed by atoms with van der Waals surface area (Å²) in [6, 6.07) is 7.81. The van der Waals surface area contributed by atoms with Crippen molar-refractivity contribution in [3.8, 4) is 5.88 Å². The maximum absolute atomic E-state index is 6.02. The largest absolute Gasteiger partial charge is 0.473 e. The Kier molecular flexibility index (Phi) is 2.85. The average Bonchev–Trinajstić information content (AvgIpc) is 2.86. The first-order chi connectivity index (χ1) is 8.34. The van der Waals surface area contributed by atoms with Crippen molar-refractivity contribution in [2.75, 3.05) is 0 Å². The fourth-order valence-corrected chi connectivity index (χ4v) is 2.50. The molecule has 0 aliphatic heterocycles. The van der Waals surface area contributed by atoms with Gasteiger partial charge in [0.05, 0.1) is 0 Å². The highest BCUT2D eigenvalue weighted by molar-refractivity contribution is 6.34. The molecule has 0 spiro atoms. The second-order valence-corrected chi connectivity index (χ2v) is 4.72. The van der Waals surface area contributed by atoms with E-state index >= 15 is 0 Å². The van der Waals surface area contributed by atoms with Crippen LogP contribution in [-0.2, 0) is 0 Å². The van der Waals surface area contributed by atoms with Crippen LogP contribution in [0.4, 0.5) is 0 Å². The Bertz CT molecular complexity index is 538. The molecule has 1 aromatic heterocycles. The van der Waals surface area contributed by atoms with E-state index in [1.807, 2.05) is 24.3 Å². The molecule has 0 unspecified atom stereocenters. The lowest BCUT2D eigenvalue weighted by atomic mass is 10.2. The van der Waals surface area contributed by atoms with Gasteiger partial charge in [0.2, 0.25) is 5.88 Å². The Morgan fingerprint density at radius 1 is 1.06 bits per heavy atom. The number of rotatable bonds is 2. The van der Waals surface area contributed by atoms with E-state index in [2.05, 4.69) is 10.2 Å². The van der Waals surface area contributed by atoms with E-state index in [1.165, 1.54) is 12.8 Å². The third-order valence-corrected chi connectivity index (χ3v) is 3.47. The van der Waals surface area contributed by atoms with Gasteiger partial charge in [0.1, 0.15) is 6.10 Å². The third kappa shape index (κ3) is 2.07. The lowest BCUT2D eigenvalue weighted by Crippen LogP contribution is -2.12. The lowest BCUT2D eigenvalue weighted by Gasteiger charge is -2.13. The van der Waals surface area contributed by atoms with E-state index < -0.39 is 0 Å². The van der Waals surface area contributed by atoms with Crippen LogP contribution in [0.25, 0.3) is 10.8 Å². The minimum Gasteiger partial charge on any atom is -0.473 e. The highest BCUT2D eigenvalue weighted by Gasteiger charge is 2.19. The van der Waals surface area contributed by atoms with Gasteiger partial charge >= 0.3 is 0 Å². The molecule has 1 heterocycles. The number of fused-ring (bicyclic) bond motifs is 1. The van der Waals surface area contributed by atoms with E-state index in [0.717, 1.165) is 23.6 Å². The van der Waals surface area contributed by atoms with Crippen molar-refractivity contribution in [3.05, 3.63) is 29.4 Å². The van der Waals surface area contributed by atoms with E-state index in [9.17, 15) is 0 Å². The predicted octanol–water partition coefficient (Wildman–Crippen LogP) is 3.60. The Hall–Kier alpha value is -1.35. The normalized spacial score (nSPS) is 16.5. The Labute approximate surface area is 105 Å². The minimum absolute atomic E-state index is 0.286. The molecule has 0 amide bonds. The maximum Gasteiger partial charge on any atom is 0.241 e. The molecule has 3 rings (SSSR count). The lowest BCUT2D eigenvalue weighted by molar-refractivity contribution is 0.202. The standard InChI is InChI=1S/C13H13ClN2O/c14-12-10-7-3-4-8-11(10)13(16-15-12)17-9-5-1-2-6-9/h3-4,7-9H,1-2,5-6H2. The molecule has 1 aromatic carbocycles. The minimum atomic E-state index is 0.286. The summed E-state index contributed by atoms with van der Waals surface area (Å²) in [5.41, 5.74) is 0. The molecule has 2 aromatic rings. The van der Waals surface area contributed by atoms with Gasteiger partial charge in [-0.15, -0.1) is 10.2 Å². The fourth-order valence-electron chi connectivity index (χ4n) is 2.30. The molecular formula is C13H13ClN2O. The topological polar surface area (TPSA) is 35.0 Å². The van der Waals surface area contributed by atoms with Crippen molar-refractivity contribution in [2.45, 2.75) is 31.8 Å². The van der Waals surface area contributed by atoms with Gasteiger partial charge in [-0.1, -0.05) is 29.8 Å². The number of nitrogens with zero attached hydrogens (tertiary/aromatic N) is 2. The van der Waals surface area contributed by atoms with Crippen LogP contribution in [0, 0.1) is 0 Å². The van der Waals surface area contributed by atoms with Crippen LogP contribution in [0.3, 0.4) is 0 Å².